The first-order valence-corrected chi connectivity index (χ1v) is 9.72. The molecule has 3 aromatic rings. The zero-order valence-corrected chi connectivity index (χ0v) is 17.1. The zero-order chi connectivity index (χ0) is 19.1. The minimum Gasteiger partial charge on any atom is -0.495 e. The highest BCUT2D eigenvalue weighted by Gasteiger charge is 2.25. The lowest BCUT2D eigenvalue weighted by Gasteiger charge is -2.20. The van der Waals surface area contributed by atoms with Crippen LogP contribution in [0.15, 0.2) is 24.4 Å². The Hall–Kier alpha value is -1.82. The lowest BCUT2D eigenvalue weighted by molar-refractivity contribution is 0.415. The van der Waals surface area contributed by atoms with Crippen LogP contribution in [0.25, 0.3) is 22.3 Å². The van der Waals surface area contributed by atoms with E-state index in [1.807, 2.05) is 0 Å². The van der Waals surface area contributed by atoms with E-state index in [1.165, 1.54) is 0 Å². The predicted octanol–water partition coefficient (Wildman–Crippen LogP) is 5.51. The Labute approximate surface area is 172 Å². The first-order valence-electron chi connectivity index (χ1n) is 8.58. The fraction of sp³-hybridized carbons (Fsp3) is 0.316. The summed E-state index contributed by atoms with van der Waals surface area (Å²) >= 11 is 19.1. The van der Waals surface area contributed by atoms with Gasteiger partial charge in [-0.2, -0.15) is 0 Å². The summed E-state index contributed by atoms with van der Waals surface area (Å²) in [6, 6.07) is 5.25. The van der Waals surface area contributed by atoms with Crippen LogP contribution in [0.3, 0.4) is 0 Å². The number of ether oxygens (including phenoxy) is 1. The molecule has 1 unspecified atom stereocenters. The molecule has 1 saturated heterocycles. The number of aromatic nitrogens is 3. The summed E-state index contributed by atoms with van der Waals surface area (Å²) in [4.78, 5) is 15.9. The summed E-state index contributed by atoms with van der Waals surface area (Å²) in [6.45, 7) is 4.08. The van der Waals surface area contributed by atoms with E-state index in [1.54, 1.807) is 31.5 Å². The van der Waals surface area contributed by atoms with Gasteiger partial charge in [0.25, 0.3) is 0 Å². The molecule has 0 saturated carbocycles. The van der Waals surface area contributed by atoms with Crippen molar-refractivity contribution in [2.24, 2.45) is 5.92 Å². The highest BCUT2D eigenvalue weighted by molar-refractivity contribution is 6.40. The van der Waals surface area contributed by atoms with Gasteiger partial charge in [0.15, 0.2) is 5.82 Å². The summed E-state index contributed by atoms with van der Waals surface area (Å²) in [5.41, 5.74) is 1.23. The van der Waals surface area contributed by atoms with Crippen LogP contribution in [0.4, 0.5) is 5.82 Å². The van der Waals surface area contributed by atoms with Crippen LogP contribution in [0, 0.1) is 5.92 Å². The molecule has 3 heterocycles. The molecule has 4 rings (SSSR count). The van der Waals surface area contributed by atoms with Crippen molar-refractivity contribution in [3.8, 4) is 17.1 Å². The highest BCUT2D eigenvalue weighted by Crippen LogP contribution is 2.41. The van der Waals surface area contributed by atoms with Crippen molar-refractivity contribution in [3.63, 3.8) is 0 Å². The summed E-state index contributed by atoms with van der Waals surface area (Å²) in [5, 5.41) is 2.11. The first kappa shape index (κ1) is 18.5. The fourth-order valence-electron chi connectivity index (χ4n) is 3.37. The van der Waals surface area contributed by atoms with Crippen LogP contribution in [0.2, 0.25) is 15.2 Å². The first-order chi connectivity index (χ1) is 13.0. The largest absolute Gasteiger partial charge is 0.495 e. The van der Waals surface area contributed by atoms with Gasteiger partial charge in [0.1, 0.15) is 16.7 Å². The second kappa shape index (κ2) is 7.30. The average Bonchev–Trinajstić information content (AvgIpc) is 3.08. The van der Waals surface area contributed by atoms with E-state index in [2.05, 4.69) is 21.8 Å². The molecule has 0 N–H and O–H groups in total. The summed E-state index contributed by atoms with van der Waals surface area (Å²) in [5.74, 6) is 2.37. The molecule has 140 valence electrons. The summed E-state index contributed by atoms with van der Waals surface area (Å²) < 4.78 is 5.32. The van der Waals surface area contributed by atoms with Gasteiger partial charge >= 0.3 is 0 Å². The number of anilines is 1. The van der Waals surface area contributed by atoms with Gasteiger partial charge in [-0.15, -0.1) is 0 Å². The number of pyridine rings is 1. The highest BCUT2D eigenvalue weighted by atomic mass is 35.5. The van der Waals surface area contributed by atoms with Crippen molar-refractivity contribution < 1.29 is 4.74 Å². The number of nitrogens with zero attached hydrogens (tertiary/aromatic N) is 4. The second-order valence-corrected chi connectivity index (χ2v) is 7.85. The number of halogens is 3. The second-order valence-electron chi connectivity index (χ2n) is 6.67. The maximum absolute atomic E-state index is 6.52. The molecule has 0 bridgehead atoms. The average molecular weight is 424 g/mol. The van der Waals surface area contributed by atoms with E-state index in [0.29, 0.717) is 43.8 Å². The van der Waals surface area contributed by atoms with Gasteiger partial charge in [-0.05, 0) is 30.5 Å². The molecular formula is C19H17Cl3N4O. The van der Waals surface area contributed by atoms with Gasteiger partial charge in [-0.1, -0.05) is 41.7 Å². The Bertz CT molecular complexity index is 1030. The number of hydrogen-bond acceptors (Lipinski definition) is 5. The number of fused-ring (bicyclic) bond motifs is 1. The molecule has 0 radical (unpaired) electrons. The van der Waals surface area contributed by atoms with E-state index in [4.69, 9.17) is 44.5 Å². The number of methoxy groups -OCH3 is 1. The van der Waals surface area contributed by atoms with Crippen LogP contribution in [0.5, 0.6) is 5.75 Å². The van der Waals surface area contributed by atoms with Crippen LogP contribution < -0.4 is 9.64 Å². The molecule has 27 heavy (non-hydrogen) atoms. The Morgan fingerprint density at radius 2 is 2.00 bits per heavy atom. The van der Waals surface area contributed by atoms with Gasteiger partial charge in [0.2, 0.25) is 0 Å². The maximum Gasteiger partial charge on any atom is 0.165 e. The Morgan fingerprint density at radius 3 is 2.70 bits per heavy atom. The molecule has 1 aromatic carbocycles. The van der Waals surface area contributed by atoms with Gasteiger partial charge in [0.05, 0.1) is 34.4 Å². The Morgan fingerprint density at radius 1 is 1.19 bits per heavy atom. The van der Waals surface area contributed by atoms with Crippen molar-refractivity contribution in [2.45, 2.75) is 13.3 Å². The van der Waals surface area contributed by atoms with Crippen molar-refractivity contribution in [3.05, 3.63) is 39.6 Å². The van der Waals surface area contributed by atoms with Crippen LogP contribution in [0.1, 0.15) is 13.3 Å². The molecule has 2 aromatic heterocycles. The molecule has 0 aliphatic carbocycles. The van der Waals surface area contributed by atoms with Gasteiger partial charge in [0, 0.05) is 18.5 Å². The smallest absolute Gasteiger partial charge is 0.165 e. The normalized spacial score (nSPS) is 16.9. The number of benzene rings is 1. The SMILES string of the molecule is COc1ccc(Cl)c(-c2nc(N3CCC(C)C3)c3cc(Cl)ncc3n2)c1Cl. The van der Waals surface area contributed by atoms with Crippen molar-refractivity contribution in [2.75, 3.05) is 25.1 Å². The zero-order valence-electron chi connectivity index (χ0n) is 14.8. The van der Waals surface area contributed by atoms with Gasteiger partial charge in [-0.25, -0.2) is 15.0 Å². The molecule has 1 aliphatic rings. The van der Waals surface area contributed by atoms with E-state index in [0.717, 1.165) is 30.7 Å². The van der Waals surface area contributed by atoms with Crippen molar-refractivity contribution in [1.29, 1.82) is 0 Å². The molecule has 1 fully saturated rings. The van der Waals surface area contributed by atoms with E-state index < -0.39 is 0 Å². The monoisotopic (exact) mass is 422 g/mol. The third kappa shape index (κ3) is 3.40. The van der Waals surface area contributed by atoms with Crippen LogP contribution in [-0.2, 0) is 0 Å². The van der Waals surface area contributed by atoms with E-state index >= 15 is 0 Å². The van der Waals surface area contributed by atoms with Gasteiger partial charge < -0.3 is 9.64 Å². The molecule has 0 amide bonds. The quantitative estimate of drug-likeness (QED) is 0.520. The van der Waals surface area contributed by atoms with E-state index in [-0.39, 0.29) is 0 Å². The topological polar surface area (TPSA) is 51.1 Å². The number of rotatable bonds is 3. The molecule has 1 atom stereocenters. The van der Waals surface area contributed by atoms with E-state index in [9.17, 15) is 0 Å². The third-order valence-corrected chi connectivity index (χ3v) is 5.65. The maximum atomic E-state index is 6.52. The lowest BCUT2D eigenvalue weighted by atomic mass is 10.1. The van der Waals surface area contributed by atoms with Crippen molar-refractivity contribution in [1.82, 2.24) is 15.0 Å². The minimum atomic E-state index is 0.381. The number of hydrogen-bond donors (Lipinski definition) is 0. The summed E-state index contributed by atoms with van der Waals surface area (Å²) in [7, 11) is 1.56. The molecular weight excluding hydrogens is 407 g/mol. The molecule has 5 nitrogen and oxygen atoms in total. The van der Waals surface area contributed by atoms with Crippen LogP contribution in [-0.4, -0.2) is 35.2 Å². The van der Waals surface area contributed by atoms with Gasteiger partial charge in [-0.3, -0.25) is 0 Å². The standard InChI is InChI=1S/C19H17Cl3N4O/c1-10-5-6-26(9-10)19-11-7-15(21)23-8-13(11)24-18(25-19)16-12(20)3-4-14(27-2)17(16)22/h3-4,7-8,10H,5-6,9H2,1-2H3. The lowest BCUT2D eigenvalue weighted by Crippen LogP contribution is -2.21. The molecule has 0 spiro atoms. The molecule has 1 aliphatic heterocycles. The third-order valence-electron chi connectivity index (χ3n) is 4.75. The van der Waals surface area contributed by atoms with Crippen molar-refractivity contribution >= 4 is 51.5 Å². The fourth-order valence-corrected chi connectivity index (χ4v) is 4.14. The Kier molecular flexibility index (Phi) is 5.01. The Balaban J connectivity index is 1.97. The molecule has 8 heteroatoms. The summed E-state index contributed by atoms with van der Waals surface area (Å²) in [6.07, 6.45) is 2.76. The predicted molar refractivity (Wildman–Crippen MR) is 110 cm³/mol. The minimum absolute atomic E-state index is 0.381. The van der Waals surface area contributed by atoms with Crippen LogP contribution >= 0.6 is 34.8 Å².